The van der Waals surface area contributed by atoms with E-state index in [0.29, 0.717) is 0 Å². The Kier molecular flexibility index (Phi) is 3.04. The van der Waals surface area contributed by atoms with E-state index in [4.69, 9.17) is 5.11 Å². The fourth-order valence-electron chi connectivity index (χ4n) is 1.34. The summed E-state index contributed by atoms with van der Waals surface area (Å²) in [5.74, 6) is -10.6. The van der Waals surface area contributed by atoms with Gasteiger partial charge in [-0.2, -0.15) is 0 Å². The van der Waals surface area contributed by atoms with Crippen molar-refractivity contribution < 1.29 is 31.6 Å². The highest BCUT2D eigenvalue weighted by Crippen LogP contribution is 2.31. The van der Waals surface area contributed by atoms with Gasteiger partial charge in [-0.05, 0) is 0 Å². The summed E-state index contributed by atoms with van der Waals surface area (Å²) < 4.78 is 69.7. The second-order valence-electron chi connectivity index (χ2n) is 3.28. The van der Waals surface area contributed by atoms with Crippen LogP contribution in [0.4, 0.5) is 22.0 Å². The topological polar surface area (TPSA) is 46.3 Å². The van der Waals surface area contributed by atoms with E-state index in [2.05, 4.69) is 9.68 Å². The third kappa shape index (κ3) is 1.74. The fourth-order valence-corrected chi connectivity index (χ4v) is 1.34. The van der Waals surface area contributed by atoms with Crippen LogP contribution in [0.5, 0.6) is 0 Å². The molecule has 8 heteroatoms. The van der Waals surface area contributed by atoms with Crippen LogP contribution in [0.1, 0.15) is 5.76 Å². The van der Waals surface area contributed by atoms with E-state index in [1.54, 1.807) is 0 Å². The molecule has 0 aliphatic carbocycles. The second kappa shape index (κ2) is 4.37. The van der Waals surface area contributed by atoms with Gasteiger partial charge in [-0.15, -0.1) is 0 Å². The van der Waals surface area contributed by atoms with Gasteiger partial charge in [0.05, 0.1) is 5.56 Å². The molecule has 18 heavy (non-hydrogen) atoms. The van der Waals surface area contributed by atoms with Gasteiger partial charge in [-0.1, -0.05) is 5.16 Å². The van der Waals surface area contributed by atoms with Crippen molar-refractivity contribution in [3.05, 3.63) is 40.9 Å². The van der Waals surface area contributed by atoms with Crippen LogP contribution >= 0.6 is 0 Å². The van der Waals surface area contributed by atoms with Crippen LogP contribution in [-0.4, -0.2) is 10.3 Å². The molecule has 0 saturated heterocycles. The maximum absolute atomic E-state index is 13.3. The van der Waals surface area contributed by atoms with Gasteiger partial charge in [0.25, 0.3) is 0 Å². The Morgan fingerprint density at radius 2 is 1.44 bits per heavy atom. The van der Waals surface area contributed by atoms with Crippen LogP contribution in [0.15, 0.2) is 10.6 Å². The third-order valence-electron chi connectivity index (χ3n) is 2.18. The van der Waals surface area contributed by atoms with Crippen molar-refractivity contribution in [2.45, 2.75) is 6.61 Å². The minimum atomic E-state index is -2.25. The molecule has 3 nitrogen and oxygen atoms in total. The van der Waals surface area contributed by atoms with Gasteiger partial charge in [0.1, 0.15) is 12.3 Å². The van der Waals surface area contributed by atoms with Gasteiger partial charge >= 0.3 is 0 Å². The Morgan fingerprint density at radius 1 is 0.944 bits per heavy atom. The zero-order valence-corrected chi connectivity index (χ0v) is 8.48. The number of aromatic nitrogens is 1. The summed E-state index contributed by atoms with van der Waals surface area (Å²) in [5.41, 5.74) is -1.79. The first-order chi connectivity index (χ1) is 8.47. The zero-order chi connectivity index (χ0) is 13.4. The standard InChI is InChI=1S/C10H4F5NO2/c11-6-5(4-1-3(2-17)18-16-4)7(12)9(14)10(15)8(6)13/h1,17H,2H2. The summed E-state index contributed by atoms with van der Waals surface area (Å²) in [7, 11) is 0. The lowest BCUT2D eigenvalue weighted by molar-refractivity contribution is 0.229. The van der Waals surface area contributed by atoms with E-state index in [1.165, 1.54) is 0 Å². The van der Waals surface area contributed by atoms with Crippen molar-refractivity contribution >= 4 is 0 Å². The maximum Gasteiger partial charge on any atom is 0.200 e. The highest BCUT2D eigenvalue weighted by Gasteiger charge is 2.28. The summed E-state index contributed by atoms with van der Waals surface area (Å²) >= 11 is 0. The molecule has 2 rings (SSSR count). The predicted molar refractivity (Wildman–Crippen MR) is 47.7 cm³/mol. The quantitative estimate of drug-likeness (QED) is 0.515. The number of benzene rings is 1. The van der Waals surface area contributed by atoms with Crippen molar-refractivity contribution in [1.82, 2.24) is 5.16 Å². The number of hydrogen-bond donors (Lipinski definition) is 1. The molecule has 1 aromatic carbocycles. The molecule has 1 heterocycles. The van der Waals surface area contributed by atoms with E-state index < -0.39 is 47.0 Å². The van der Waals surface area contributed by atoms with Crippen molar-refractivity contribution in [3.8, 4) is 11.3 Å². The van der Waals surface area contributed by atoms with Crippen molar-refractivity contribution in [2.24, 2.45) is 0 Å². The van der Waals surface area contributed by atoms with Gasteiger partial charge in [0.15, 0.2) is 29.0 Å². The summed E-state index contributed by atoms with van der Waals surface area (Å²) in [6, 6.07) is 0.873. The molecule has 0 spiro atoms. The Hall–Kier alpha value is -1.96. The van der Waals surface area contributed by atoms with Crippen molar-refractivity contribution in [3.63, 3.8) is 0 Å². The number of hydrogen-bond acceptors (Lipinski definition) is 3. The lowest BCUT2D eigenvalue weighted by Gasteiger charge is -2.04. The summed E-state index contributed by atoms with van der Waals surface area (Å²) in [6.45, 7) is -0.623. The number of aliphatic hydroxyl groups excluding tert-OH is 1. The maximum atomic E-state index is 13.3. The smallest absolute Gasteiger partial charge is 0.200 e. The minimum Gasteiger partial charge on any atom is -0.388 e. The molecule has 96 valence electrons. The molecule has 0 bridgehead atoms. The summed E-state index contributed by atoms with van der Waals surface area (Å²) in [5, 5.41) is 11.8. The van der Waals surface area contributed by atoms with Gasteiger partial charge in [-0.3, -0.25) is 0 Å². The first-order valence-corrected chi connectivity index (χ1v) is 4.55. The molecule has 0 atom stereocenters. The Balaban J connectivity index is 2.71. The Morgan fingerprint density at radius 3 is 1.89 bits per heavy atom. The molecule has 0 unspecified atom stereocenters. The Bertz CT molecular complexity index is 582. The van der Waals surface area contributed by atoms with Gasteiger partial charge in [0.2, 0.25) is 5.82 Å². The number of nitrogens with zero attached hydrogens (tertiary/aromatic N) is 1. The summed E-state index contributed by atoms with van der Waals surface area (Å²) in [6.07, 6.45) is 0. The average Bonchev–Trinajstić information content (AvgIpc) is 2.83. The van der Waals surface area contributed by atoms with Crippen LogP contribution < -0.4 is 0 Å². The molecule has 0 aliphatic heterocycles. The lowest BCUT2D eigenvalue weighted by atomic mass is 10.1. The van der Waals surface area contributed by atoms with E-state index >= 15 is 0 Å². The second-order valence-corrected chi connectivity index (χ2v) is 3.28. The van der Waals surface area contributed by atoms with Gasteiger partial charge in [-0.25, -0.2) is 22.0 Å². The summed E-state index contributed by atoms with van der Waals surface area (Å²) in [4.78, 5) is 0. The van der Waals surface area contributed by atoms with Gasteiger partial charge < -0.3 is 9.63 Å². The lowest BCUT2D eigenvalue weighted by Crippen LogP contribution is -2.04. The predicted octanol–water partition coefficient (Wildman–Crippen LogP) is 2.53. The number of halogens is 5. The normalized spacial score (nSPS) is 11.0. The van der Waals surface area contributed by atoms with Crippen LogP contribution in [0.3, 0.4) is 0 Å². The molecule has 0 radical (unpaired) electrons. The fraction of sp³-hybridized carbons (Fsp3) is 0.100. The third-order valence-corrected chi connectivity index (χ3v) is 2.18. The van der Waals surface area contributed by atoms with Crippen LogP contribution in [0.2, 0.25) is 0 Å². The molecule has 0 fully saturated rings. The first kappa shape index (κ1) is 12.5. The van der Waals surface area contributed by atoms with E-state index in [9.17, 15) is 22.0 Å². The number of rotatable bonds is 2. The van der Waals surface area contributed by atoms with Crippen LogP contribution in [0.25, 0.3) is 11.3 Å². The van der Waals surface area contributed by atoms with Crippen LogP contribution in [0, 0.1) is 29.1 Å². The average molecular weight is 265 g/mol. The van der Waals surface area contributed by atoms with Crippen molar-refractivity contribution in [2.75, 3.05) is 0 Å². The number of aliphatic hydroxyl groups is 1. The zero-order valence-electron chi connectivity index (χ0n) is 8.48. The molecule has 1 aromatic heterocycles. The Labute approximate surface area is 96.4 Å². The van der Waals surface area contributed by atoms with Crippen LogP contribution in [-0.2, 0) is 6.61 Å². The molecule has 0 saturated carbocycles. The molecule has 0 amide bonds. The molecule has 1 N–H and O–H groups in total. The molecule has 2 aromatic rings. The van der Waals surface area contributed by atoms with E-state index in [0.717, 1.165) is 6.07 Å². The van der Waals surface area contributed by atoms with Crippen molar-refractivity contribution in [1.29, 1.82) is 0 Å². The SMILES string of the molecule is OCc1cc(-c2c(F)c(F)c(F)c(F)c2F)no1. The van der Waals surface area contributed by atoms with Gasteiger partial charge in [0, 0.05) is 6.07 Å². The minimum absolute atomic E-state index is 0.172. The monoisotopic (exact) mass is 265 g/mol. The molecular formula is C10H4F5NO2. The highest BCUT2D eigenvalue weighted by molar-refractivity contribution is 5.61. The first-order valence-electron chi connectivity index (χ1n) is 4.55. The highest BCUT2D eigenvalue weighted by atomic mass is 19.2. The largest absolute Gasteiger partial charge is 0.388 e. The molecular weight excluding hydrogens is 261 g/mol. The van der Waals surface area contributed by atoms with E-state index in [-0.39, 0.29) is 5.76 Å². The molecule has 0 aliphatic rings. The van der Waals surface area contributed by atoms with E-state index in [1.807, 2.05) is 0 Å².